The second-order valence-corrected chi connectivity index (χ2v) is 5.51. The minimum Gasteiger partial charge on any atom is -0.486 e. The van der Waals surface area contributed by atoms with Gasteiger partial charge in [0.15, 0.2) is 5.76 Å². The number of aromatic nitrogens is 1. The molecule has 2 aromatic rings. The van der Waals surface area contributed by atoms with E-state index in [-0.39, 0.29) is 5.54 Å². The van der Waals surface area contributed by atoms with Crippen molar-refractivity contribution in [1.29, 1.82) is 0 Å². The topological polar surface area (TPSA) is 47.3 Å². The van der Waals surface area contributed by atoms with Crippen LogP contribution in [-0.2, 0) is 13.2 Å². The van der Waals surface area contributed by atoms with Crippen LogP contribution >= 0.6 is 0 Å². The molecule has 0 atom stereocenters. The predicted octanol–water partition coefficient (Wildman–Crippen LogP) is 3.14. The molecule has 0 saturated carbocycles. The van der Waals surface area contributed by atoms with Crippen molar-refractivity contribution in [3.63, 3.8) is 0 Å². The van der Waals surface area contributed by atoms with Crippen LogP contribution in [-0.4, -0.2) is 10.7 Å². The molecule has 0 amide bonds. The van der Waals surface area contributed by atoms with E-state index in [0.29, 0.717) is 6.61 Å². The molecule has 0 aliphatic carbocycles. The summed E-state index contributed by atoms with van der Waals surface area (Å²) in [6.07, 6.45) is 1.61. The maximum absolute atomic E-state index is 5.60. The van der Waals surface area contributed by atoms with E-state index in [4.69, 9.17) is 9.26 Å². The van der Waals surface area contributed by atoms with Crippen molar-refractivity contribution in [1.82, 2.24) is 10.5 Å². The Balaban J connectivity index is 1.84. The number of nitrogens with zero attached hydrogens (tertiary/aromatic N) is 1. The van der Waals surface area contributed by atoms with Crippen molar-refractivity contribution in [3.05, 3.63) is 47.9 Å². The van der Waals surface area contributed by atoms with Crippen LogP contribution in [0.4, 0.5) is 0 Å². The van der Waals surface area contributed by atoms with Gasteiger partial charge in [-0.1, -0.05) is 17.3 Å². The number of ether oxygens (including phenoxy) is 1. The smallest absolute Gasteiger partial charge is 0.174 e. The molecule has 0 saturated heterocycles. The first kappa shape index (κ1) is 13.6. The highest BCUT2D eigenvalue weighted by Crippen LogP contribution is 2.14. The summed E-state index contributed by atoms with van der Waals surface area (Å²) in [7, 11) is 0. The molecule has 4 heteroatoms. The second kappa shape index (κ2) is 5.89. The Labute approximate surface area is 113 Å². The van der Waals surface area contributed by atoms with Gasteiger partial charge >= 0.3 is 0 Å². The molecule has 1 N–H and O–H groups in total. The highest BCUT2D eigenvalue weighted by Gasteiger charge is 2.08. The zero-order chi connectivity index (χ0) is 13.7. The fourth-order valence-corrected chi connectivity index (χ4v) is 1.54. The van der Waals surface area contributed by atoms with Gasteiger partial charge in [0.25, 0.3) is 0 Å². The zero-order valence-corrected chi connectivity index (χ0v) is 11.6. The second-order valence-electron chi connectivity index (χ2n) is 5.51. The fourth-order valence-electron chi connectivity index (χ4n) is 1.54. The minimum absolute atomic E-state index is 0.126. The first-order valence-corrected chi connectivity index (χ1v) is 6.39. The largest absolute Gasteiger partial charge is 0.486 e. The number of hydrogen-bond donors (Lipinski definition) is 1. The lowest BCUT2D eigenvalue weighted by atomic mass is 10.1. The van der Waals surface area contributed by atoms with E-state index in [1.54, 1.807) is 12.3 Å². The van der Waals surface area contributed by atoms with Crippen LogP contribution in [0.5, 0.6) is 5.75 Å². The number of benzene rings is 1. The van der Waals surface area contributed by atoms with Crippen molar-refractivity contribution in [2.75, 3.05) is 0 Å². The number of rotatable bonds is 5. The summed E-state index contributed by atoms with van der Waals surface area (Å²) in [5, 5.41) is 7.08. The van der Waals surface area contributed by atoms with Gasteiger partial charge in [-0.15, -0.1) is 0 Å². The molecule has 102 valence electrons. The van der Waals surface area contributed by atoms with Crippen LogP contribution < -0.4 is 10.1 Å². The first-order valence-electron chi connectivity index (χ1n) is 6.39. The lowest BCUT2D eigenvalue weighted by molar-refractivity contribution is 0.249. The lowest BCUT2D eigenvalue weighted by Crippen LogP contribution is -2.34. The third kappa shape index (κ3) is 4.75. The van der Waals surface area contributed by atoms with Gasteiger partial charge in [-0.25, -0.2) is 0 Å². The standard InChI is InChI=1S/C15H20N2O2/c1-15(2,3)16-10-12-4-6-13(7-5-12)18-11-14-8-9-17-19-14/h4-9,16H,10-11H2,1-3H3. The normalized spacial score (nSPS) is 11.5. The van der Waals surface area contributed by atoms with Crippen LogP contribution in [0.2, 0.25) is 0 Å². The van der Waals surface area contributed by atoms with Gasteiger partial charge in [0.1, 0.15) is 12.4 Å². The average molecular weight is 260 g/mol. The first-order chi connectivity index (χ1) is 9.03. The zero-order valence-electron chi connectivity index (χ0n) is 11.6. The van der Waals surface area contributed by atoms with Gasteiger partial charge in [-0.2, -0.15) is 0 Å². The summed E-state index contributed by atoms with van der Waals surface area (Å²) >= 11 is 0. The predicted molar refractivity (Wildman–Crippen MR) is 73.9 cm³/mol. The third-order valence-electron chi connectivity index (χ3n) is 2.62. The molecule has 0 fully saturated rings. The van der Waals surface area contributed by atoms with Gasteiger partial charge < -0.3 is 14.6 Å². The minimum atomic E-state index is 0.126. The molecule has 1 aromatic carbocycles. The molecule has 0 spiro atoms. The molecule has 0 aliphatic heterocycles. The number of nitrogens with one attached hydrogen (secondary N) is 1. The van der Waals surface area contributed by atoms with E-state index in [9.17, 15) is 0 Å². The maximum atomic E-state index is 5.60. The Kier molecular flexibility index (Phi) is 4.22. The van der Waals surface area contributed by atoms with Crippen molar-refractivity contribution in [3.8, 4) is 5.75 Å². The molecule has 2 rings (SSSR count). The Morgan fingerprint density at radius 2 is 1.89 bits per heavy atom. The maximum Gasteiger partial charge on any atom is 0.174 e. The summed E-state index contributed by atoms with van der Waals surface area (Å²) in [6.45, 7) is 7.72. The lowest BCUT2D eigenvalue weighted by Gasteiger charge is -2.20. The highest BCUT2D eigenvalue weighted by atomic mass is 16.5. The quantitative estimate of drug-likeness (QED) is 0.897. The van der Waals surface area contributed by atoms with Gasteiger partial charge in [0.2, 0.25) is 0 Å². The molecular formula is C15H20N2O2. The molecule has 0 unspecified atom stereocenters. The van der Waals surface area contributed by atoms with Crippen LogP contribution in [0.3, 0.4) is 0 Å². The van der Waals surface area contributed by atoms with E-state index in [1.165, 1.54) is 5.56 Å². The fraction of sp³-hybridized carbons (Fsp3) is 0.400. The Morgan fingerprint density at radius 1 is 1.16 bits per heavy atom. The molecule has 1 heterocycles. The molecule has 0 radical (unpaired) electrons. The van der Waals surface area contributed by atoms with Crippen LogP contribution in [0.25, 0.3) is 0 Å². The molecule has 0 aliphatic rings. The summed E-state index contributed by atoms with van der Waals surface area (Å²) in [6, 6.07) is 9.86. The molecular weight excluding hydrogens is 240 g/mol. The van der Waals surface area contributed by atoms with Crippen molar-refractivity contribution >= 4 is 0 Å². The Bertz CT molecular complexity index is 484. The van der Waals surface area contributed by atoms with Gasteiger partial charge in [-0.3, -0.25) is 0 Å². The van der Waals surface area contributed by atoms with E-state index < -0.39 is 0 Å². The Morgan fingerprint density at radius 3 is 2.47 bits per heavy atom. The molecule has 19 heavy (non-hydrogen) atoms. The summed E-state index contributed by atoms with van der Waals surface area (Å²) in [5.41, 5.74) is 1.36. The van der Waals surface area contributed by atoms with Crippen molar-refractivity contribution in [2.24, 2.45) is 0 Å². The van der Waals surface area contributed by atoms with Gasteiger partial charge in [0, 0.05) is 18.2 Å². The number of hydrogen-bond acceptors (Lipinski definition) is 4. The SMILES string of the molecule is CC(C)(C)NCc1ccc(OCc2ccno2)cc1. The van der Waals surface area contributed by atoms with E-state index in [0.717, 1.165) is 18.1 Å². The van der Waals surface area contributed by atoms with Crippen molar-refractivity contribution in [2.45, 2.75) is 39.5 Å². The van der Waals surface area contributed by atoms with Crippen LogP contribution in [0, 0.1) is 0 Å². The van der Waals surface area contributed by atoms with Gasteiger partial charge in [-0.05, 0) is 38.5 Å². The van der Waals surface area contributed by atoms with Crippen LogP contribution in [0.15, 0.2) is 41.1 Å². The molecule has 0 bridgehead atoms. The Hall–Kier alpha value is -1.81. The highest BCUT2D eigenvalue weighted by molar-refractivity contribution is 5.27. The van der Waals surface area contributed by atoms with E-state index >= 15 is 0 Å². The average Bonchev–Trinajstić information content (AvgIpc) is 2.87. The summed E-state index contributed by atoms with van der Waals surface area (Å²) in [5.74, 6) is 1.55. The van der Waals surface area contributed by atoms with E-state index in [1.807, 2.05) is 12.1 Å². The summed E-state index contributed by atoms with van der Waals surface area (Å²) < 4.78 is 10.6. The van der Waals surface area contributed by atoms with Crippen molar-refractivity contribution < 1.29 is 9.26 Å². The van der Waals surface area contributed by atoms with Gasteiger partial charge in [0.05, 0.1) is 6.20 Å². The monoisotopic (exact) mass is 260 g/mol. The molecule has 4 nitrogen and oxygen atoms in total. The van der Waals surface area contributed by atoms with Crippen LogP contribution in [0.1, 0.15) is 32.1 Å². The summed E-state index contributed by atoms with van der Waals surface area (Å²) in [4.78, 5) is 0. The molecule has 1 aromatic heterocycles. The third-order valence-corrected chi connectivity index (χ3v) is 2.62. The van der Waals surface area contributed by atoms with E-state index in [2.05, 4.69) is 43.4 Å².